The standard InChI is InChI=1S/C13H20F2N2O/c1-16-8-2-3-12-17-9-11(18-12)10-4-6-13(14,15)7-5-10/h9-10,16H,2-8H2,1H3. The number of halogens is 2. The fraction of sp³-hybridized carbons (Fsp3) is 0.769. The van der Waals surface area contributed by atoms with Gasteiger partial charge in [0.25, 0.3) is 0 Å². The first kappa shape index (κ1) is 13.5. The maximum atomic E-state index is 13.1. The second-order valence-electron chi connectivity index (χ2n) is 4.99. The van der Waals surface area contributed by atoms with Crippen molar-refractivity contribution in [1.29, 1.82) is 0 Å². The summed E-state index contributed by atoms with van der Waals surface area (Å²) in [5.41, 5.74) is 0. The number of rotatable bonds is 5. The van der Waals surface area contributed by atoms with E-state index in [-0.39, 0.29) is 18.8 Å². The van der Waals surface area contributed by atoms with Gasteiger partial charge in [-0.2, -0.15) is 0 Å². The molecule has 0 amide bonds. The first-order valence-electron chi connectivity index (χ1n) is 6.58. The normalized spacial score (nSPS) is 20.2. The summed E-state index contributed by atoms with van der Waals surface area (Å²) in [4.78, 5) is 4.22. The van der Waals surface area contributed by atoms with E-state index in [1.54, 1.807) is 6.20 Å². The van der Waals surface area contributed by atoms with Gasteiger partial charge in [-0.3, -0.25) is 0 Å². The van der Waals surface area contributed by atoms with Crippen molar-refractivity contribution in [1.82, 2.24) is 10.3 Å². The lowest BCUT2D eigenvalue weighted by atomic mass is 9.85. The molecule has 1 aliphatic rings. The van der Waals surface area contributed by atoms with Gasteiger partial charge in [0.15, 0.2) is 5.89 Å². The summed E-state index contributed by atoms with van der Waals surface area (Å²) in [6.45, 7) is 0.924. The Balaban J connectivity index is 1.86. The molecule has 102 valence electrons. The van der Waals surface area contributed by atoms with Gasteiger partial charge in [-0.1, -0.05) is 0 Å². The molecule has 18 heavy (non-hydrogen) atoms. The number of alkyl halides is 2. The first-order valence-corrected chi connectivity index (χ1v) is 6.58. The topological polar surface area (TPSA) is 38.1 Å². The predicted octanol–water partition coefficient (Wildman–Crippen LogP) is 3.12. The van der Waals surface area contributed by atoms with Crippen LogP contribution >= 0.6 is 0 Å². The van der Waals surface area contributed by atoms with Gasteiger partial charge in [-0.25, -0.2) is 13.8 Å². The van der Waals surface area contributed by atoms with E-state index in [2.05, 4.69) is 10.3 Å². The molecule has 1 aromatic rings. The molecule has 1 N–H and O–H groups in total. The van der Waals surface area contributed by atoms with Crippen molar-refractivity contribution in [3.63, 3.8) is 0 Å². The van der Waals surface area contributed by atoms with Crippen LogP contribution in [-0.2, 0) is 6.42 Å². The van der Waals surface area contributed by atoms with Crippen LogP contribution in [0.25, 0.3) is 0 Å². The summed E-state index contributed by atoms with van der Waals surface area (Å²) in [5, 5.41) is 3.06. The van der Waals surface area contributed by atoms with Crippen LogP contribution in [-0.4, -0.2) is 24.5 Å². The first-order chi connectivity index (χ1) is 8.61. The quantitative estimate of drug-likeness (QED) is 0.825. The van der Waals surface area contributed by atoms with E-state index >= 15 is 0 Å². The van der Waals surface area contributed by atoms with Gasteiger partial charge < -0.3 is 9.73 Å². The zero-order valence-corrected chi connectivity index (χ0v) is 10.7. The van der Waals surface area contributed by atoms with Crippen LogP contribution in [0, 0.1) is 0 Å². The Labute approximate surface area is 106 Å². The number of nitrogens with zero attached hydrogens (tertiary/aromatic N) is 1. The molecule has 0 spiro atoms. The van der Waals surface area contributed by atoms with Crippen LogP contribution in [0.4, 0.5) is 8.78 Å². The smallest absolute Gasteiger partial charge is 0.248 e. The molecule has 3 nitrogen and oxygen atoms in total. The molecule has 1 saturated carbocycles. The molecule has 0 bridgehead atoms. The van der Waals surface area contributed by atoms with E-state index in [0.29, 0.717) is 12.8 Å². The van der Waals surface area contributed by atoms with Crippen LogP contribution in [0.15, 0.2) is 10.6 Å². The molecule has 2 rings (SSSR count). The fourth-order valence-electron chi connectivity index (χ4n) is 2.37. The molecular formula is C13H20F2N2O. The number of hydrogen-bond donors (Lipinski definition) is 1. The molecule has 1 heterocycles. The Bertz CT molecular complexity index is 369. The minimum atomic E-state index is -2.48. The highest BCUT2D eigenvalue weighted by Crippen LogP contribution is 2.40. The third kappa shape index (κ3) is 3.51. The highest BCUT2D eigenvalue weighted by Gasteiger charge is 2.36. The predicted molar refractivity (Wildman–Crippen MR) is 64.9 cm³/mol. The highest BCUT2D eigenvalue weighted by atomic mass is 19.3. The third-order valence-electron chi connectivity index (χ3n) is 3.51. The Hall–Kier alpha value is -0.970. The van der Waals surface area contributed by atoms with Crippen molar-refractivity contribution >= 4 is 0 Å². The number of hydrogen-bond acceptors (Lipinski definition) is 3. The van der Waals surface area contributed by atoms with E-state index < -0.39 is 5.92 Å². The summed E-state index contributed by atoms with van der Waals surface area (Å²) >= 11 is 0. The van der Waals surface area contributed by atoms with Gasteiger partial charge in [0.2, 0.25) is 5.92 Å². The van der Waals surface area contributed by atoms with Crippen LogP contribution in [0.3, 0.4) is 0 Å². The van der Waals surface area contributed by atoms with E-state index in [9.17, 15) is 8.78 Å². The van der Waals surface area contributed by atoms with E-state index in [1.165, 1.54) is 0 Å². The summed E-state index contributed by atoms with van der Waals surface area (Å²) in [5.74, 6) is -0.857. The monoisotopic (exact) mass is 258 g/mol. The Morgan fingerprint density at radius 1 is 1.44 bits per heavy atom. The average Bonchev–Trinajstić information content (AvgIpc) is 2.78. The molecule has 0 aromatic carbocycles. The van der Waals surface area contributed by atoms with Crippen molar-refractivity contribution in [3.05, 3.63) is 17.8 Å². The Morgan fingerprint density at radius 3 is 2.83 bits per heavy atom. The summed E-state index contributed by atoms with van der Waals surface area (Å²) < 4.78 is 31.8. The molecule has 0 unspecified atom stereocenters. The molecule has 0 saturated heterocycles. The van der Waals surface area contributed by atoms with Crippen molar-refractivity contribution in [2.75, 3.05) is 13.6 Å². The molecule has 0 radical (unpaired) electrons. The van der Waals surface area contributed by atoms with Gasteiger partial charge in [0.05, 0.1) is 6.20 Å². The van der Waals surface area contributed by atoms with Gasteiger partial charge in [0, 0.05) is 25.2 Å². The van der Waals surface area contributed by atoms with Crippen molar-refractivity contribution in [3.8, 4) is 0 Å². The lowest BCUT2D eigenvalue weighted by molar-refractivity contribution is -0.0395. The summed E-state index contributed by atoms with van der Waals surface area (Å²) in [6.07, 6.45) is 4.41. The summed E-state index contributed by atoms with van der Waals surface area (Å²) in [7, 11) is 1.91. The average molecular weight is 258 g/mol. The molecule has 1 aliphatic carbocycles. The Morgan fingerprint density at radius 2 is 2.17 bits per heavy atom. The molecule has 0 aliphatic heterocycles. The fourth-order valence-corrected chi connectivity index (χ4v) is 2.37. The second kappa shape index (κ2) is 5.78. The van der Waals surface area contributed by atoms with Crippen molar-refractivity contribution < 1.29 is 13.2 Å². The van der Waals surface area contributed by atoms with Crippen molar-refractivity contribution in [2.45, 2.75) is 50.4 Å². The van der Waals surface area contributed by atoms with E-state index in [4.69, 9.17) is 4.42 Å². The van der Waals surface area contributed by atoms with Crippen LogP contribution in [0.1, 0.15) is 49.7 Å². The largest absolute Gasteiger partial charge is 0.445 e. The molecular weight excluding hydrogens is 238 g/mol. The van der Waals surface area contributed by atoms with Gasteiger partial charge >= 0.3 is 0 Å². The van der Waals surface area contributed by atoms with Crippen LogP contribution in [0.5, 0.6) is 0 Å². The third-order valence-corrected chi connectivity index (χ3v) is 3.51. The molecule has 1 aromatic heterocycles. The van der Waals surface area contributed by atoms with Gasteiger partial charge in [-0.05, 0) is 32.9 Å². The lowest BCUT2D eigenvalue weighted by Crippen LogP contribution is -2.23. The molecule has 5 heteroatoms. The van der Waals surface area contributed by atoms with Crippen molar-refractivity contribution in [2.24, 2.45) is 0 Å². The molecule has 0 atom stereocenters. The zero-order chi connectivity index (χ0) is 13.0. The number of aromatic nitrogens is 1. The maximum Gasteiger partial charge on any atom is 0.248 e. The number of aryl methyl sites for hydroxylation is 1. The Kier molecular flexibility index (Phi) is 4.32. The SMILES string of the molecule is CNCCCc1ncc(C2CCC(F)(F)CC2)o1. The zero-order valence-electron chi connectivity index (χ0n) is 10.7. The lowest BCUT2D eigenvalue weighted by Gasteiger charge is -2.26. The minimum Gasteiger partial charge on any atom is -0.445 e. The number of oxazole rings is 1. The van der Waals surface area contributed by atoms with E-state index in [1.807, 2.05) is 7.05 Å². The second-order valence-corrected chi connectivity index (χ2v) is 4.99. The van der Waals surface area contributed by atoms with Gasteiger partial charge in [-0.15, -0.1) is 0 Å². The van der Waals surface area contributed by atoms with Gasteiger partial charge in [0.1, 0.15) is 5.76 Å². The maximum absolute atomic E-state index is 13.1. The van der Waals surface area contributed by atoms with Crippen LogP contribution < -0.4 is 5.32 Å². The van der Waals surface area contributed by atoms with Crippen LogP contribution in [0.2, 0.25) is 0 Å². The molecule has 1 fully saturated rings. The number of nitrogens with one attached hydrogen (secondary N) is 1. The van der Waals surface area contributed by atoms with E-state index in [0.717, 1.165) is 31.0 Å². The minimum absolute atomic E-state index is 0.0343. The summed E-state index contributed by atoms with van der Waals surface area (Å²) in [6, 6.07) is 0. The highest BCUT2D eigenvalue weighted by molar-refractivity contribution is 5.04.